The van der Waals surface area contributed by atoms with E-state index in [-0.39, 0.29) is 17.4 Å². The molecule has 5 heteroatoms. The molecule has 0 fully saturated rings. The van der Waals surface area contributed by atoms with Crippen LogP contribution in [0.1, 0.15) is 51.8 Å². The zero-order valence-electron chi connectivity index (χ0n) is 18.0. The van der Waals surface area contributed by atoms with Gasteiger partial charge in [0.1, 0.15) is 6.04 Å². The van der Waals surface area contributed by atoms with Crippen molar-refractivity contribution in [1.29, 1.82) is 5.26 Å². The standard InChI is InChI=1S/C24H31N3OS/c1-17(2)23(18-10-12-19(13-11-18)24(3,4)5)26-16-22(28)27-20-8-6-7-9-21(20)29-15-14-25/h6-13,17,23,26H,15-16H2,1-5H3,(H,27,28)/p+1/t23-/m1/s1. The molecule has 154 valence electrons. The zero-order valence-corrected chi connectivity index (χ0v) is 18.8. The summed E-state index contributed by atoms with van der Waals surface area (Å²) in [6.45, 7) is 11.4. The van der Waals surface area contributed by atoms with Gasteiger partial charge in [0.2, 0.25) is 0 Å². The average Bonchev–Trinajstić information content (AvgIpc) is 2.67. The first-order chi connectivity index (χ1) is 13.7. The van der Waals surface area contributed by atoms with Gasteiger partial charge in [-0.05, 0) is 23.1 Å². The van der Waals surface area contributed by atoms with E-state index in [1.54, 1.807) is 0 Å². The molecule has 0 heterocycles. The van der Waals surface area contributed by atoms with Crippen LogP contribution in [-0.4, -0.2) is 18.2 Å². The summed E-state index contributed by atoms with van der Waals surface area (Å²) >= 11 is 1.43. The Bertz CT molecular complexity index is 848. The summed E-state index contributed by atoms with van der Waals surface area (Å²) in [6, 6.07) is 18.7. The molecular formula is C24H32N3OS+. The fraction of sp³-hybridized carbons (Fsp3) is 0.417. The van der Waals surface area contributed by atoms with Gasteiger partial charge in [0.05, 0.1) is 17.5 Å². The Morgan fingerprint density at radius 1 is 1.14 bits per heavy atom. The predicted molar refractivity (Wildman–Crippen MR) is 121 cm³/mol. The van der Waals surface area contributed by atoms with Gasteiger partial charge >= 0.3 is 0 Å². The molecule has 0 saturated carbocycles. The van der Waals surface area contributed by atoms with E-state index in [2.05, 4.69) is 75.6 Å². The van der Waals surface area contributed by atoms with E-state index in [4.69, 9.17) is 5.26 Å². The summed E-state index contributed by atoms with van der Waals surface area (Å²) < 4.78 is 0. The Balaban J connectivity index is 2.02. The smallest absolute Gasteiger partial charge is 0.279 e. The van der Waals surface area contributed by atoms with E-state index < -0.39 is 0 Å². The molecule has 1 amide bonds. The highest BCUT2D eigenvalue weighted by Crippen LogP contribution is 2.27. The van der Waals surface area contributed by atoms with E-state index >= 15 is 0 Å². The van der Waals surface area contributed by atoms with Crippen molar-refractivity contribution in [3.05, 3.63) is 59.7 Å². The lowest BCUT2D eigenvalue weighted by Crippen LogP contribution is -2.88. The number of anilines is 1. The Kier molecular flexibility index (Phi) is 8.31. The number of thioether (sulfide) groups is 1. The van der Waals surface area contributed by atoms with E-state index in [9.17, 15) is 4.79 Å². The molecule has 0 aromatic heterocycles. The molecule has 2 aromatic rings. The van der Waals surface area contributed by atoms with Crippen LogP contribution in [0.25, 0.3) is 0 Å². The number of hydrogen-bond donors (Lipinski definition) is 2. The number of hydrogen-bond acceptors (Lipinski definition) is 3. The molecule has 2 aromatic carbocycles. The van der Waals surface area contributed by atoms with Crippen molar-refractivity contribution in [2.24, 2.45) is 5.92 Å². The van der Waals surface area contributed by atoms with Gasteiger partial charge in [0, 0.05) is 16.4 Å². The number of carbonyl (C=O) groups excluding carboxylic acids is 1. The van der Waals surface area contributed by atoms with Crippen molar-refractivity contribution < 1.29 is 10.1 Å². The van der Waals surface area contributed by atoms with Gasteiger partial charge in [-0.3, -0.25) is 4.79 Å². The molecule has 4 nitrogen and oxygen atoms in total. The fourth-order valence-electron chi connectivity index (χ4n) is 3.24. The molecule has 0 bridgehead atoms. The van der Waals surface area contributed by atoms with Crippen LogP contribution >= 0.6 is 11.8 Å². The molecule has 0 spiro atoms. The molecule has 0 aliphatic rings. The Labute approximate surface area is 179 Å². The monoisotopic (exact) mass is 410 g/mol. The molecule has 0 saturated heterocycles. The third-order valence-corrected chi connectivity index (χ3v) is 5.83. The van der Waals surface area contributed by atoms with E-state index in [1.165, 1.54) is 22.9 Å². The summed E-state index contributed by atoms with van der Waals surface area (Å²) in [5, 5.41) is 13.9. The van der Waals surface area contributed by atoms with Crippen molar-refractivity contribution in [2.75, 3.05) is 17.6 Å². The molecule has 0 aliphatic heterocycles. The van der Waals surface area contributed by atoms with Crippen molar-refractivity contribution >= 4 is 23.4 Å². The molecule has 29 heavy (non-hydrogen) atoms. The largest absolute Gasteiger partial charge is 0.332 e. The number of carbonyl (C=O) groups is 1. The van der Waals surface area contributed by atoms with Crippen molar-refractivity contribution in [1.82, 2.24) is 0 Å². The predicted octanol–water partition coefficient (Wildman–Crippen LogP) is 4.50. The zero-order chi connectivity index (χ0) is 21.4. The van der Waals surface area contributed by atoms with E-state index in [0.29, 0.717) is 18.2 Å². The van der Waals surface area contributed by atoms with Gasteiger partial charge in [-0.15, -0.1) is 11.8 Å². The maximum atomic E-state index is 12.6. The van der Waals surface area contributed by atoms with Crippen LogP contribution in [0.2, 0.25) is 0 Å². The minimum absolute atomic E-state index is 0.0352. The third kappa shape index (κ3) is 6.92. The van der Waals surface area contributed by atoms with Crippen LogP contribution in [0.3, 0.4) is 0 Å². The molecule has 0 aliphatic carbocycles. The lowest BCUT2D eigenvalue weighted by Gasteiger charge is -2.22. The van der Waals surface area contributed by atoms with Crippen molar-refractivity contribution in [3.8, 4) is 6.07 Å². The molecular weight excluding hydrogens is 378 g/mol. The number of benzene rings is 2. The van der Waals surface area contributed by atoms with E-state index in [0.717, 1.165) is 10.6 Å². The highest BCUT2D eigenvalue weighted by atomic mass is 32.2. The Hall–Kier alpha value is -2.29. The number of nitrogens with zero attached hydrogens (tertiary/aromatic N) is 1. The number of rotatable bonds is 8. The van der Waals surface area contributed by atoms with Gasteiger partial charge in [0.15, 0.2) is 6.54 Å². The number of nitrogens with two attached hydrogens (primary N) is 1. The number of nitriles is 1. The molecule has 0 radical (unpaired) electrons. The molecule has 2 rings (SSSR count). The SMILES string of the molecule is CC(C)[C@@H]([NH2+]CC(=O)Nc1ccccc1SCC#N)c1ccc(C(C)(C)C)cc1. The lowest BCUT2D eigenvalue weighted by molar-refractivity contribution is -0.692. The van der Waals surface area contributed by atoms with Crippen LogP contribution in [-0.2, 0) is 10.2 Å². The first-order valence-electron chi connectivity index (χ1n) is 10.0. The molecule has 0 unspecified atom stereocenters. The second-order valence-corrected chi connectivity index (χ2v) is 9.59. The summed E-state index contributed by atoms with van der Waals surface area (Å²) in [4.78, 5) is 13.5. The minimum Gasteiger partial charge on any atom is -0.332 e. The number of para-hydroxylation sites is 1. The van der Waals surface area contributed by atoms with E-state index in [1.807, 2.05) is 24.3 Å². The highest BCUT2D eigenvalue weighted by molar-refractivity contribution is 7.99. The number of nitrogens with one attached hydrogen (secondary N) is 1. The quantitative estimate of drug-likeness (QED) is 0.630. The Morgan fingerprint density at radius 3 is 2.38 bits per heavy atom. The summed E-state index contributed by atoms with van der Waals surface area (Å²) in [5.41, 5.74) is 3.45. The normalized spacial score (nSPS) is 12.4. The van der Waals surface area contributed by atoms with Gasteiger partial charge < -0.3 is 10.6 Å². The van der Waals surface area contributed by atoms with Gasteiger partial charge in [-0.2, -0.15) is 5.26 Å². The first-order valence-corrected chi connectivity index (χ1v) is 11.0. The minimum atomic E-state index is -0.0352. The fourth-order valence-corrected chi connectivity index (χ4v) is 3.91. The molecule has 3 N–H and O–H groups in total. The molecule has 1 atom stereocenters. The maximum absolute atomic E-state index is 12.6. The van der Waals surface area contributed by atoms with Crippen LogP contribution in [0.5, 0.6) is 0 Å². The van der Waals surface area contributed by atoms with Crippen LogP contribution < -0.4 is 10.6 Å². The van der Waals surface area contributed by atoms with Crippen molar-refractivity contribution in [3.63, 3.8) is 0 Å². The topological polar surface area (TPSA) is 69.5 Å². The van der Waals surface area contributed by atoms with Crippen LogP contribution in [0.4, 0.5) is 5.69 Å². The van der Waals surface area contributed by atoms with Crippen molar-refractivity contribution in [2.45, 2.75) is 51.0 Å². The average molecular weight is 411 g/mol. The first kappa shape index (κ1) is 23.0. The number of quaternary nitrogens is 1. The summed E-state index contributed by atoms with van der Waals surface area (Å²) in [7, 11) is 0. The summed E-state index contributed by atoms with van der Waals surface area (Å²) in [5.74, 6) is 0.729. The van der Waals surface area contributed by atoms with Crippen LogP contribution in [0, 0.1) is 17.2 Å². The third-order valence-electron chi connectivity index (χ3n) is 4.89. The second kappa shape index (κ2) is 10.5. The summed E-state index contributed by atoms with van der Waals surface area (Å²) in [6.07, 6.45) is 0. The van der Waals surface area contributed by atoms with Gasteiger partial charge in [-0.1, -0.05) is 71.0 Å². The highest BCUT2D eigenvalue weighted by Gasteiger charge is 2.22. The van der Waals surface area contributed by atoms with Gasteiger partial charge in [-0.25, -0.2) is 0 Å². The van der Waals surface area contributed by atoms with Crippen LogP contribution in [0.15, 0.2) is 53.4 Å². The maximum Gasteiger partial charge on any atom is 0.279 e. The Morgan fingerprint density at radius 2 is 1.79 bits per heavy atom. The van der Waals surface area contributed by atoms with Gasteiger partial charge in [0.25, 0.3) is 5.91 Å². The lowest BCUT2D eigenvalue weighted by atomic mass is 9.85. The second-order valence-electron chi connectivity index (χ2n) is 8.57. The number of amides is 1.